The normalized spacial score (nSPS) is 12.5. The Balaban J connectivity index is 2.54. The summed E-state index contributed by atoms with van der Waals surface area (Å²) in [5, 5.41) is 11.7. The number of methoxy groups -OCH3 is 1. The number of hydrogen-bond acceptors (Lipinski definition) is 3. The molecule has 0 saturated carbocycles. The van der Waals surface area contributed by atoms with Gasteiger partial charge in [0.25, 0.3) is 0 Å². The van der Waals surface area contributed by atoms with Crippen LogP contribution in [0.1, 0.15) is 39.2 Å². The number of aliphatic carboxylic acids is 1. The molecule has 1 rings (SSSR count). The molecule has 5 heteroatoms. The van der Waals surface area contributed by atoms with E-state index in [9.17, 15) is 9.59 Å². The summed E-state index contributed by atoms with van der Waals surface area (Å²) < 4.78 is 5.11. The molecule has 1 atom stereocenters. The number of carboxylic acids is 1. The van der Waals surface area contributed by atoms with Crippen LogP contribution in [0.25, 0.3) is 0 Å². The lowest BCUT2D eigenvalue weighted by Gasteiger charge is -2.27. The Hall–Kier alpha value is -2.04. The van der Waals surface area contributed by atoms with E-state index < -0.39 is 11.5 Å². The van der Waals surface area contributed by atoms with Gasteiger partial charge in [0.2, 0.25) is 5.91 Å². The topological polar surface area (TPSA) is 75.6 Å². The summed E-state index contributed by atoms with van der Waals surface area (Å²) in [5.41, 5.74) is 0.538. The van der Waals surface area contributed by atoms with Crippen molar-refractivity contribution < 1.29 is 19.4 Å². The molecule has 0 fully saturated rings. The van der Waals surface area contributed by atoms with E-state index in [1.54, 1.807) is 7.11 Å². The van der Waals surface area contributed by atoms with E-state index >= 15 is 0 Å². The number of nitrogens with one attached hydrogen (secondary N) is 1. The summed E-state index contributed by atoms with van der Waals surface area (Å²) in [6.45, 7) is 5.55. The molecule has 122 valence electrons. The molecule has 2 N–H and O–H groups in total. The van der Waals surface area contributed by atoms with Gasteiger partial charge in [-0.05, 0) is 44.4 Å². The molecule has 0 aliphatic carbocycles. The number of benzene rings is 1. The van der Waals surface area contributed by atoms with Gasteiger partial charge in [0.1, 0.15) is 5.75 Å². The van der Waals surface area contributed by atoms with Gasteiger partial charge in [-0.25, -0.2) is 0 Å². The van der Waals surface area contributed by atoms with Gasteiger partial charge in [-0.3, -0.25) is 9.59 Å². The van der Waals surface area contributed by atoms with Crippen LogP contribution in [-0.4, -0.2) is 29.6 Å². The smallest absolute Gasteiger partial charge is 0.303 e. The lowest BCUT2D eigenvalue weighted by Crippen LogP contribution is -2.46. The van der Waals surface area contributed by atoms with Crippen molar-refractivity contribution in [3.63, 3.8) is 0 Å². The first kappa shape index (κ1) is 18.0. The van der Waals surface area contributed by atoms with E-state index in [-0.39, 0.29) is 18.2 Å². The number of carboxylic acid groups (broad SMARTS) is 1. The Morgan fingerprint density at radius 1 is 1.27 bits per heavy atom. The number of carbonyl (C=O) groups excluding carboxylic acids is 1. The highest BCUT2D eigenvalue weighted by Gasteiger charge is 2.24. The van der Waals surface area contributed by atoms with E-state index in [1.807, 2.05) is 45.0 Å². The fourth-order valence-corrected chi connectivity index (χ4v) is 2.15. The highest BCUT2D eigenvalue weighted by Crippen LogP contribution is 2.17. The Kier molecular flexibility index (Phi) is 6.40. The summed E-state index contributed by atoms with van der Waals surface area (Å²) in [5.74, 6) is -0.312. The van der Waals surface area contributed by atoms with Gasteiger partial charge in [-0.15, -0.1) is 0 Å². The van der Waals surface area contributed by atoms with Gasteiger partial charge >= 0.3 is 5.97 Å². The third kappa shape index (κ3) is 6.16. The minimum absolute atomic E-state index is 0.0418. The molecule has 0 radical (unpaired) electrons. The van der Waals surface area contributed by atoms with Crippen LogP contribution >= 0.6 is 0 Å². The van der Waals surface area contributed by atoms with Crippen LogP contribution in [0.15, 0.2) is 24.3 Å². The summed E-state index contributed by atoms with van der Waals surface area (Å²) in [6.07, 6.45) is 1.08. The molecule has 1 aromatic carbocycles. The van der Waals surface area contributed by atoms with Crippen molar-refractivity contribution >= 4 is 11.9 Å². The van der Waals surface area contributed by atoms with Crippen LogP contribution in [0.4, 0.5) is 0 Å². The number of carbonyl (C=O) groups is 2. The van der Waals surface area contributed by atoms with Crippen molar-refractivity contribution in [3.8, 4) is 5.75 Å². The molecule has 0 heterocycles. The van der Waals surface area contributed by atoms with E-state index in [4.69, 9.17) is 9.84 Å². The molecule has 0 aliphatic heterocycles. The Bertz CT molecular complexity index is 508. The monoisotopic (exact) mass is 307 g/mol. The largest absolute Gasteiger partial charge is 0.497 e. The molecule has 0 spiro atoms. The van der Waals surface area contributed by atoms with Gasteiger partial charge in [-0.1, -0.05) is 19.1 Å². The predicted molar refractivity (Wildman–Crippen MR) is 85.0 cm³/mol. The third-order valence-electron chi connectivity index (χ3n) is 3.57. The fourth-order valence-electron chi connectivity index (χ4n) is 2.15. The van der Waals surface area contributed by atoms with Gasteiger partial charge in [-0.2, -0.15) is 0 Å². The third-order valence-corrected chi connectivity index (χ3v) is 3.57. The second-order valence-electron chi connectivity index (χ2n) is 6.22. The van der Waals surface area contributed by atoms with E-state index in [2.05, 4.69) is 5.32 Å². The highest BCUT2D eigenvalue weighted by molar-refractivity contribution is 5.79. The van der Waals surface area contributed by atoms with E-state index in [0.29, 0.717) is 12.8 Å². The maximum atomic E-state index is 12.2. The molecule has 5 nitrogen and oxygen atoms in total. The summed E-state index contributed by atoms with van der Waals surface area (Å²) in [7, 11) is 1.62. The molecular weight excluding hydrogens is 282 g/mol. The summed E-state index contributed by atoms with van der Waals surface area (Å²) in [6, 6.07) is 7.63. The van der Waals surface area contributed by atoms with Crippen LogP contribution in [0, 0.1) is 5.92 Å². The molecule has 0 aliphatic rings. The zero-order chi connectivity index (χ0) is 16.8. The molecule has 1 aromatic rings. The van der Waals surface area contributed by atoms with Crippen molar-refractivity contribution in [1.29, 1.82) is 0 Å². The van der Waals surface area contributed by atoms with Crippen molar-refractivity contribution in [3.05, 3.63) is 29.8 Å². The molecule has 1 amide bonds. The minimum Gasteiger partial charge on any atom is -0.497 e. The summed E-state index contributed by atoms with van der Waals surface area (Å²) in [4.78, 5) is 22.9. The van der Waals surface area contributed by atoms with Crippen molar-refractivity contribution in [2.45, 2.75) is 45.6 Å². The maximum Gasteiger partial charge on any atom is 0.303 e. The van der Waals surface area contributed by atoms with Crippen LogP contribution in [0.3, 0.4) is 0 Å². The summed E-state index contributed by atoms with van der Waals surface area (Å²) >= 11 is 0. The molecule has 0 bridgehead atoms. The fraction of sp³-hybridized carbons (Fsp3) is 0.529. The second kappa shape index (κ2) is 7.82. The molecule has 0 aromatic heterocycles. The first-order valence-corrected chi connectivity index (χ1v) is 7.40. The van der Waals surface area contributed by atoms with Gasteiger partial charge in [0, 0.05) is 17.9 Å². The Morgan fingerprint density at radius 3 is 2.36 bits per heavy atom. The van der Waals surface area contributed by atoms with Crippen LogP contribution in [0.5, 0.6) is 5.75 Å². The SMILES string of the molecule is COc1ccc(CC(C)C(=O)NC(C)(C)CCC(=O)O)cc1. The minimum atomic E-state index is -0.853. The highest BCUT2D eigenvalue weighted by atomic mass is 16.5. The first-order valence-electron chi connectivity index (χ1n) is 7.40. The second-order valence-corrected chi connectivity index (χ2v) is 6.22. The lowest BCUT2D eigenvalue weighted by molar-refractivity contribution is -0.138. The quantitative estimate of drug-likeness (QED) is 0.774. The van der Waals surface area contributed by atoms with Crippen molar-refractivity contribution in [2.24, 2.45) is 5.92 Å². The van der Waals surface area contributed by atoms with E-state index in [1.165, 1.54) is 0 Å². The molecule has 22 heavy (non-hydrogen) atoms. The first-order chi connectivity index (χ1) is 10.2. The Morgan fingerprint density at radius 2 is 1.86 bits per heavy atom. The number of rotatable bonds is 8. The Labute approximate surface area is 131 Å². The maximum absolute atomic E-state index is 12.2. The molecule has 0 saturated heterocycles. The zero-order valence-electron chi connectivity index (χ0n) is 13.7. The van der Waals surface area contributed by atoms with Crippen LogP contribution in [-0.2, 0) is 16.0 Å². The van der Waals surface area contributed by atoms with E-state index in [0.717, 1.165) is 11.3 Å². The van der Waals surface area contributed by atoms with Gasteiger partial charge < -0.3 is 15.2 Å². The van der Waals surface area contributed by atoms with Crippen LogP contribution in [0.2, 0.25) is 0 Å². The lowest BCUT2D eigenvalue weighted by atomic mass is 9.95. The zero-order valence-corrected chi connectivity index (χ0v) is 13.7. The van der Waals surface area contributed by atoms with Crippen LogP contribution < -0.4 is 10.1 Å². The average molecular weight is 307 g/mol. The molecular formula is C17H25NO4. The number of amides is 1. The van der Waals surface area contributed by atoms with Crippen molar-refractivity contribution in [1.82, 2.24) is 5.32 Å². The number of ether oxygens (including phenoxy) is 1. The van der Waals surface area contributed by atoms with Gasteiger partial charge in [0.15, 0.2) is 0 Å². The van der Waals surface area contributed by atoms with Gasteiger partial charge in [0.05, 0.1) is 7.11 Å². The standard InChI is InChI=1S/C17H25NO4/c1-12(11-13-5-7-14(22-4)8-6-13)16(21)18-17(2,3)10-9-15(19)20/h5-8,12H,9-11H2,1-4H3,(H,18,21)(H,19,20). The number of hydrogen-bond donors (Lipinski definition) is 2. The van der Waals surface area contributed by atoms with Crippen molar-refractivity contribution in [2.75, 3.05) is 7.11 Å². The predicted octanol–water partition coefficient (Wildman–Crippen LogP) is 2.63. The molecule has 1 unspecified atom stereocenters. The average Bonchev–Trinajstić information content (AvgIpc) is 2.45.